The first-order valence-electron chi connectivity index (χ1n) is 7.78. The number of nitrogens with zero attached hydrogens (tertiary/aromatic N) is 5. The highest BCUT2D eigenvalue weighted by Gasteiger charge is 2.22. The second-order valence-electron chi connectivity index (χ2n) is 5.63. The molecule has 4 rings (SSSR count). The van der Waals surface area contributed by atoms with Gasteiger partial charge in [-0.2, -0.15) is 0 Å². The van der Waals surface area contributed by atoms with Crippen molar-refractivity contribution in [2.24, 2.45) is 0 Å². The zero-order valence-corrected chi connectivity index (χ0v) is 12.9. The monoisotopic (exact) mass is 321 g/mol. The van der Waals surface area contributed by atoms with Crippen molar-refractivity contribution in [1.82, 2.24) is 24.4 Å². The predicted octanol–water partition coefficient (Wildman–Crippen LogP) is 0.885. The molecule has 1 aromatic carbocycles. The highest BCUT2D eigenvalue weighted by Crippen LogP contribution is 2.12. The van der Waals surface area contributed by atoms with Crippen LogP contribution in [-0.4, -0.2) is 43.4 Å². The van der Waals surface area contributed by atoms with Crippen LogP contribution >= 0.6 is 0 Å². The summed E-state index contributed by atoms with van der Waals surface area (Å²) in [7, 11) is 0. The number of hydrogen-bond donors (Lipinski definition) is 0. The molecule has 2 aromatic heterocycles. The van der Waals surface area contributed by atoms with Gasteiger partial charge in [-0.15, -0.1) is 0 Å². The standard InChI is InChI=1S/C17H15N5O2/c23-16-12-3-1-2-4-13(12)20-15-5-8-21(9-10-22(15)16)17(24)14-11-18-6-7-19-14/h1-4,6-7,11H,5,8-10H2. The lowest BCUT2D eigenvalue weighted by Gasteiger charge is -2.18. The van der Waals surface area contributed by atoms with Gasteiger partial charge in [0.25, 0.3) is 11.5 Å². The molecule has 0 aliphatic carbocycles. The number of amides is 1. The molecule has 7 nitrogen and oxygen atoms in total. The van der Waals surface area contributed by atoms with E-state index in [1.807, 2.05) is 18.2 Å². The smallest absolute Gasteiger partial charge is 0.274 e. The van der Waals surface area contributed by atoms with Crippen molar-refractivity contribution >= 4 is 16.8 Å². The number of hydrogen-bond acceptors (Lipinski definition) is 5. The van der Waals surface area contributed by atoms with Crippen LogP contribution in [0.3, 0.4) is 0 Å². The molecule has 0 saturated heterocycles. The molecule has 0 spiro atoms. The van der Waals surface area contributed by atoms with Crippen LogP contribution in [-0.2, 0) is 13.0 Å². The van der Waals surface area contributed by atoms with Gasteiger partial charge in [-0.25, -0.2) is 9.97 Å². The fourth-order valence-electron chi connectivity index (χ4n) is 2.98. The summed E-state index contributed by atoms with van der Waals surface area (Å²) in [4.78, 5) is 39.5. The van der Waals surface area contributed by atoms with Crippen LogP contribution in [0, 0.1) is 0 Å². The van der Waals surface area contributed by atoms with Crippen LogP contribution < -0.4 is 5.56 Å². The summed E-state index contributed by atoms with van der Waals surface area (Å²) in [5, 5.41) is 0.606. The van der Waals surface area contributed by atoms with Crippen molar-refractivity contribution in [2.75, 3.05) is 13.1 Å². The lowest BCUT2D eigenvalue weighted by atomic mass is 10.2. The Labute approximate surface area is 137 Å². The fraction of sp³-hybridized carbons (Fsp3) is 0.235. The average molecular weight is 321 g/mol. The molecule has 3 heterocycles. The average Bonchev–Trinajstić information content (AvgIpc) is 2.85. The summed E-state index contributed by atoms with van der Waals surface area (Å²) in [6.45, 7) is 1.38. The molecule has 0 fully saturated rings. The van der Waals surface area contributed by atoms with Gasteiger partial charge in [0.05, 0.1) is 17.1 Å². The Balaban J connectivity index is 1.67. The molecule has 1 amide bonds. The van der Waals surface area contributed by atoms with E-state index in [4.69, 9.17) is 0 Å². The van der Waals surface area contributed by atoms with Crippen LogP contribution in [0.15, 0.2) is 47.7 Å². The fourth-order valence-corrected chi connectivity index (χ4v) is 2.98. The Morgan fingerprint density at radius 3 is 2.79 bits per heavy atom. The number of rotatable bonds is 1. The molecule has 0 unspecified atom stereocenters. The molecular formula is C17H15N5O2. The summed E-state index contributed by atoms with van der Waals surface area (Å²) in [6.07, 6.45) is 5.02. The Morgan fingerprint density at radius 2 is 1.96 bits per heavy atom. The van der Waals surface area contributed by atoms with Crippen molar-refractivity contribution in [1.29, 1.82) is 0 Å². The highest BCUT2D eigenvalue weighted by atomic mass is 16.2. The van der Waals surface area contributed by atoms with Gasteiger partial charge in [-0.1, -0.05) is 12.1 Å². The first-order valence-corrected chi connectivity index (χ1v) is 7.78. The molecule has 0 bridgehead atoms. The van der Waals surface area contributed by atoms with Crippen LogP contribution in [0.4, 0.5) is 0 Å². The van der Waals surface area contributed by atoms with Crippen LogP contribution in [0.2, 0.25) is 0 Å². The van der Waals surface area contributed by atoms with E-state index in [0.29, 0.717) is 48.5 Å². The van der Waals surface area contributed by atoms with Gasteiger partial charge in [0.1, 0.15) is 11.5 Å². The maximum atomic E-state index is 12.7. The third-order valence-corrected chi connectivity index (χ3v) is 4.21. The van der Waals surface area contributed by atoms with Gasteiger partial charge >= 0.3 is 0 Å². The zero-order valence-electron chi connectivity index (χ0n) is 12.9. The maximum Gasteiger partial charge on any atom is 0.274 e. The number of carbonyl (C=O) groups excluding carboxylic acids is 1. The molecule has 0 saturated carbocycles. The molecule has 120 valence electrons. The molecule has 24 heavy (non-hydrogen) atoms. The molecule has 3 aromatic rings. The quantitative estimate of drug-likeness (QED) is 0.665. The van der Waals surface area contributed by atoms with Gasteiger partial charge in [0.15, 0.2) is 0 Å². The molecule has 1 aliphatic rings. The minimum absolute atomic E-state index is 0.0515. The topological polar surface area (TPSA) is 81.0 Å². The SMILES string of the molecule is O=C(c1cnccn1)N1CCc2nc3ccccc3c(=O)n2CC1. The number of fused-ring (bicyclic) bond motifs is 2. The van der Waals surface area contributed by atoms with Gasteiger partial charge in [-0.3, -0.25) is 19.1 Å². The van der Waals surface area contributed by atoms with Gasteiger partial charge in [-0.05, 0) is 12.1 Å². The van der Waals surface area contributed by atoms with Crippen molar-refractivity contribution in [3.8, 4) is 0 Å². The number of benzene rings is 1. The first-order chi connectivity index (χ1) is 11.7. The van der Waals surface area contributed by atoms with E-state index in [-0.39, 0.29) is 11.5 Å². The van der Waals surface area contributed by atoms with Crippen molar-refractivity contribution in [3.05, 3.63) is 64.7 Å². The number of carbonyl (C=O) groups is 1. The van der Waals surface area contributed by atoms with Crippen LogP contribution in [0.1, 0.15) is 16.3 Å². The summed E-state index contributed by atoms with van der Waals surface area (Å²) in [6, 6.07) is 7.32. The number of para-hydroxylation sites is 1. The van der Waals surface area contributed by atoms with E-state index in [9.17, 15) is 9.59 Å². The second kappa shape index (κ2) is 5.84. The minimum Gasteiger partial charge on any atom is -0.335 e. The van der Waals surface area contributed by atoms with E-state index < -0.39 is 0 Å². The summed E-state index contributed by atoms with van der Waals surface area (Å²) in [5.41, 5.74) is 0.959. The molecule has 1 aliphatic heterocycles. The largest absolute Gasteiger partial charge is 0.335 e. The van der Waals surface area contributed by atoms with Crippen LogP contribution in [0.25, 0.3) is 10.9 Å². The highest BCUT2D eigenvalue weighted by molar-refractivity contribution is 5.92. The summed E-state index contributed by atoms with van der Waals surface area (Å²) >= 11 is 0. The zero-order chi connectivity index (χ0) is 16.5. The van der Waals surface area contributed by atoms with Crippen LogP contribution in [0.5, 0.6) is 0 Å². The van der Waals surface area contributed by atoms with Crippen molar-refractivity contribution in [2.45, 2.75) is 13.0 Å². The second-order valence-corrected chi connectivity index (χ2v) is 5.63. The van der Waals surface area contributed by atoms with E-state index in [2.05, 4.69) is 15.0 Å². The Morgan fingerprint density at radius 1 is 1.08 bits per heavy atom. The van der Waals surface area contributed by atoms with Crippen molar-refractivity contribution in [3.63, 3.8) is 0 Å². The van der Waals surface area contributed by atoms with E-state index in [1.54, 1.807) is 15.5 Å². The minimum atomic E-state index is -0.173. The molecular weight excluding hydrogens is 306 g/mol. The van der Waals surface area contributed by atoms with E-state index in [0.717, 1.165) is 0 Å². The molecule has 0 N–H and O–H groups in total. The Kier molecular flexibility index (Phi) is 3.53. The van der Waals surface area contributed by atoms with Gasteiger partial charge in [0, 0.05) is 38.4 Å². The normalized spacial score (nSPS) is 14.2. The molecule has 7 heteroatoms. The maximum absolute atomic E-state index is 12.7. The predicted molar refractivity (Wildman–Crippen MR) is 87.6 cm³/mol. The molecule has 0 radical (unpaired) electrons. The third kappa shape index (κ3) is 2.44. The lowest BCUT2D eigenvalue weighted by Crippen LogP contribution is -2.34. The Bertz CT molecular complexity index is 968. The van der Waals surface area contributed by atoms with Crippen molar-refractivity contribution < 1.29 is 4.79 Å². The Hall–Kier alpha value is -3.09. The number of aromatic nitrogens is 4. The van der Waals surface area contributed by atoms with E-state index in [1.165, 1.54) is 18.6 Å². The lowest BCUT2D eigenvalue weighted by molar-refractivity contribution is 0.0752. The van der Waals surface area contributed by atoms with E-state index >= 15 is 0 Å². The van der Waals surface area contributed by atoms with Gasteiger partial charge < -0.3 is 4.90 Å². The first kappa shape index (κ1) is 14.5. The summed E-state index contributed by atoms with van der Waals surface area (Å²) in [5.74, 6) is 0.543. The third-order valence-electron chi connectivity index (χ3n) is 4.21. The summed E-state index contributed by atoms with van der Waals surface area (Å²) < 4.78 is 1.67. The van der Waals surface area contributed by atoms with Gasteiger partial charge in [0.2, 0.25) is 0 Å². The molecule has 0 atom stereocenters.